The third kappa shape index (κ3) is 3.94. The minimum absolute atomic E-state index is 0.584. The van der Waals surface area contributed by atoms with Gasteiger partial charge in [-0.2, -0.15) is 5.10 Å². The van der Waals surface area contributed by atoms with E-state index in [2.05, 4.69) is 42.0 Å². The summed E-state index contributed by atoms with van der Waals surface area (Å²) in [5.74, 6) is 1.78. The molecule has 4 aromatic rings. The molecule has 0 aliphatic carbocycles. The molecule has 33 heavy (non-hydrogen) atoms. The molecule has 0 radical (unpaired) electrons. The minimum Gasteiger partial charge on any atom is -0.378 e. The van der Waals surface area contributed by atoms with Crippen LogP contribution in [0.2, 0.25) is 0 Å². The second-order valence-corrected chi connectivity index (χ2v) is 8.65. The van der Waals surface area contributed by atoms with Gasteiger partial charge in [-0.05, 0) is 31.5 Å². The van der Waals surface area contributed by atoms with Crippen LogP contribution in [-0.4, -0.2) is 80.1 Å². The van der Waals surface area contributed by atoms with Gasteiger partial charge in [0, 0.05) is 44.0 Å². The number of hydrogen-bond acceptors (Lipinski definition) is 8. The summed E-state index contributed by atoms with van der Waals surface area (Å²) in [5.41, 5.74) is 3.32. The Kier molecular flexibility index (Phi) is 5.20. The van der Waals surface area contributed by atoms with E-state index in [-0.39, 0.29) is 0 Å². The predicted molar refractivity (Wildman–Crippen MR) is 125 cm³/mol. The molecule has 9 heteroatoms. The molecule has 168 valence electrons. The highest BCUT2D eigenvalue weighted by Crippen LogP contribution is 2.24. The van der Waals surface area contributed by atoms with Crippen LogP contribution in [0.3, 0.4) is 0 Å². The molecule has 0 aromatic carbocycles. The van der Waals surface area contributed by atoms with Gasteiger partial charge in [0.05, 0.1) is 48.6 Å². The molecule has 6 heterocycles. The highest BCUT2D eigenvalue weighted by atomic mass is 16.5. The van der Waals surface area contributed by atoms with E-state index in [1.54, 1.807) is 12.4 Å². The van der Waals surface area contributed by atoms with Crippen molar-refractivity contribution in [1.29, 1.82) is 0 Å². The van der Waals surface area contributed by atoms with Gasteiger partial charge in [0.1, 0.15) is 11.5 Å². The molecule has 6 rings (SSSR count). The number of anilines is 1. The SMILES string of the molecule is Cc1cncc(-c2cc3c(cn2)cnn3-c2cccc(N3CCCN(C4COC4)CC3)n2)n1. The Morgan fingerprint density at radius 2 is 1.82 bits per heavy atom. The molecule has 0 bridgehead atoms. The topological polar surface area (TPSA) is 85.1 Å². The van der Waals surface area contributed by atoms with E-state index >= 15 is 0 Å². The molecule has 4 aromatic heterocycles. The van der Waals surface area contributed by atoms with Crippen LogP contribution in [0.25, 0.3) is 28.1 Å². The average Bonchev–Trinajstić information content (AvgIpc) is 3.08. The molecular weight excluding hydrogens is 416 g/mol. The number of aromatic nitrogens is 6. The van der Waals surface area contributed by atoms with E-state index in [0.717, 1.165) is 85.4 Å². The molecule has 0 N–H and O–H groups in total. The second kappa shape index (κ2) is 8.49. The van der Waals surface area contributed by atoms with Crippen LogP contribution < -0.4 is 4.90 Å². The van der Waals surface area contributed by atoms with Gasteiger partial charge in [0.15, 0.2) is 5.82 Å². The van der Waals surface area contributed by atoms with Gasteiger partial charge in [-0.15, -0.1) is 0 Å². The van der Waals surface area contributed by atoms with Crippen molar-refractivity contribution >= 4 is 16.7 Å². The van der Waals surface area contributed by atoms with Crippen LogP contribution in [0.15, 0.2) is 49.1 Å². The Morgan fingerprint density at radius 1 is 0.909 bits per heavy atom. The van der Waals surface area contributed by atoms with Crippen molar-refractivity contribution in [1.82, 2.24) is 34.6 Å². The first-order valence-corrected chi connectivity index (χ1v) is 11.4. The maximum absolute atomic E-state index is 5.39. The van der Waals surface area contributed by atoms with E-state index in [1.807, 2.05) is 36.1 Å². The van der Waals surface area contributed by atoms with E-state index in [9.17, 15) is 0 Å². The fourth-order valence-electron chi connectivity index (χ4n) is 4.50. The lowest BCUT2D eigenvalue weighted by molar-refractivity contribution is -0.0625. The summed E-state index contributed by atoms with van der Waals surface area (Å²) in [6.45, 7) is 7.78. The van der Waals surface area contributed by atoms with E-state index in [4.69, 9.17) is 9.72 Å². The molecule has 0 saturated carbocycles. The lowest BCUT2D eigenvalue weighted by atomic mass is 10.2. The maximum Gasteiger partial charge on any atom is 0.156 e. The summed E-state index contributed by atoms with van der Waals surface area (Å²) in [7, 11) is 0. The monoisotopic (exact) mass is 442 g/mol. The number of hydrogen-bond donors (Lipinski definition) is 0. The summed E-state index contributed by atoms with van der Waals surface area (Å²) in [6.07, 6.45) is 8.25. The van der Waals surface area contributed by atoms with Crippen LogP contribution in [0.1, 0.15) is 12.1 Å². The molecular formula is C24H26N8O. The zero-order chi connectivity index (χ0) is 22.2. The van der Waals surface area contributed by atoms with Crippen molar-refractivity contribution in [2.75, 3.05) is 44.3 Å². The van der Waals surface area contributed by atoms with Crippen molar-refractivity contribution < 1.29 is 4.74 Å². The van der Waals surface area contributed by atoms with Crippen LogP contribution in [-0.2, 0) is 4.74 Å². The van der Waals surface area contributed by atoms with Gasteiger partial charge < -0.3 is 9.64 Å². The largest absolute Gasteiger partial charge is 0.378 e. The van der Waals surface area contributed by atoms with Crippen LogP contribution in [0.4, 0.5) is 5.82 Å². The lowest BCUT2D eigenvalue weighted by Gasteiger charge is -2.36. The summed E-state index contributed by atoms with van der Waals surface area (Å²) in [6, 6.07) is 8.73. The summed E-state index contributed by atoms with van der Waals surface area (Å²) >= 11 is 0. The number of pyridine rings is 2. The molecule has 9 nitrogen and oxygen atoms in total. The number of aryl methyl sites for hydroxylation is 1. The van der Waals surface area contributed by atoms with Crippen molar-refractivity contribution in [2.45, 2.75) is 19.4 Å². The third-order valence-electron chi connectivity index (χ3n) is 6.40. The highest BCUT2D eigenvalue weighted by molar-refractivity contribution is 5.82. The standard InChI is InChI=1S/C24H26N8O/c1-17-11-25-14-21(28-17)20-10-22-18(12-26-20)13-27-32(22)24-5-2-4-23(29-24)31-7-3-6-30(8-9-31)19-15-33-16-19/h2,4-5,10-14,19H,3,6-9,15-16H2,1H3. The number of fused-ring (bicyclic) bond motifs is 1. The van der Waals surface area contributed by atoms with Crippen molar-refractivity contribution in [3.05, 3.63) is 54.7 Å². The summed E-state index contributed by atoms with van der Waals surface area (Å²) < 4.78 is 7.26. The van der Waals surface area contributed by atoms with E-state index in [0.29, 0.717) is 6.04 Å². The van der Waals surface area contributed by atoms with Crippen LogP contribution >= 0.6 is 0 Å². The lowest BCUT2D eigenvalue weighted by Crippen LogP contribution is -2.50. The van der Waals surface area contributed by atoms with Crippen LogP contribution in [0.5, 0.6) is 0 Å². The number of rotatable bonds is 4. The smallest absolute Gasteiger partial charge is 0.156 e. The van der Waals surface area contributed by atoms with Gasteiger partial charge >= 0.3 is 0 Å². The maximum atomic E-state index is 5.39. The van der Waals surface area contributed by atoms with Crippen molar-refractivity contribution in [3.8, 4) is 17.2 Å². The molecule has 0 spiro atoms. The fourth-order valence-corrected chi connectivity index (χ4v) is 4.50. The highest BCUT2D eigenvalue weighted by Gasteiger charge is 2.27. The van der Waals surface area contributed by atoms with Crippen molar-refractivity contribution in [2.24, 2.45) is 0 Å². The molecule has 2 aliphatic heterocycles. The first kappa shape index (κ1) is 20.2. The van der Waals surface area contributed by atoms with Crippen molar-refractivity contribution in [3.63, 3.8) is 0 Å². The van der Waals surface area contributed by atoms with Gasteiger partial charge in [-0.3, -0.25) is 14.9 Å². The van der Waals surface area contributed by atoms with Crippen LogP contribution in [0, 0.1) is 6.92 Å². The minimum atomic E-state index is 0.584. The average molecular weight is 443 g/mol. The van der Waals surface area contributed by atoms with E-state index in [1.165, 1.54) is 0 Å². The van der Waals surface area contributed by atoms with Gasteiger partial charge in [-0.25, -0.2) is 14.6 Å². The fraction of sp³-hybridized carbons (Fsp3) is 0.375. The Balaban J connectivity index is 1.30. The quantitative estimate of drug-likeness (QED) is 0.477. The zero-order valence-corrected chi connectivity index (χ0v) is 18.6. The number of nitrogens with zero attached hydrogens (tertiary/aromatic N) is 8. The molecule has 2 fully saturated rings. The zero-order valence-electron chi connectivity index (χ0n) is 18.6. The second-order valence-electron chi connectivity index (χ2n) is 8.65. The molecule has 0 amide bonds. The van der Waals surface area contributed by atoms with Gasteiger partial charge in [-0.1, -0.05) is 6.07 Å². The molecule has 0 atom stereocenters. The summed E-state index contributed by atoms with van der Waals surface area (Å²) in [4.78, 5) is 23.3. The Bertz CT molecular complexity index is 1280. The molecule has 2 saturated heterocycles. The van der Waals surface area contributed by atoms with Gasteiger partial charge in [0.2, 0.25) is 0 Å². The Hall–Kier alpha value is -3.43. The first-order chi connectivity index (χ1) is 16.2. The normalized spacial score (nSPS) is 17.8. The van der Waals surface area contributed by atoms with Gasteiger partial charge in [0.25, 0.3) is 0 Å². The molecule has 2 aliphatic rings. The Labute approximate surface area is 192 Å². The third-order valence-corrected chi connectivity index (χ3v) is 6.40. The summed E-state index contributed by atoms with van der Waals surface area (Å²) in [5, 5.41) is 5.57. The molecule has 0 unspecified atom stereocenters. The predicted octanol–water partition coefficient (Wildman–Crippen LogP) is 2.49. The Morgan fingerprint density at radius 3 is 2.67 bits per heavy atom. The van der Waals surface area contributed by atoms with E-state index < -0.39 is 0 Å². The number of ether oxygens (including phenoxy) is 1. The first-order valence-electron chi connectivity index (χ1n) is 11.4.